The third-order valence-corrected chi connectivity index (χ3v) is 4.28. The first-order valence-electron chi connectivity index (χ1n) is 7.24. The molecule has 0 amide bonds. The molecule has 4 nitrogen and oxygen atoms in total. The highest BCUT2D eigenvalue weighted by molar-refractivity contribution is 4.90. The van der Waals surface area contributed by atoms with Crippen LogP contribution in [0.1, 0.15) is 40.5 Å². The van der Waals surface area contributed by atoms with Gasteiger partial charge < -0.3 is 15.5 Å². The standard InChI is InChI=1S/C14H30N2O2/c1-5-14(6-2,9-15-11(3)4)10-16-7-12(17)13(18)8-16/h11-13,15,17-18H,5-10H2,1-4H3. The summed E-state index contributed by atoms with van der Waals surface area (Å²) in [5.41, 5.74) is 0.244. The summed E-state index contributed by atoms with van der Waals surface area (Å²) in [6.07, 6.45) is 1.08. The van der Waals surface area contributed by atoms with Crippen molar-refractivity contribution in [2.24, 2.45) is 5.41 Å². The van der Waals surface area contributed by atoms with Crippen molar-refractivity contribution in [3.8, 4) is 0 Å². The molecular formula is C14H30N2O2. The lowest BCUT2D eigenvalue weighted by molar-refractivity contribution is 0.0572. The molecule has 1 saturated heterocycles. The molecule has 1 fully saturated rings. The summed E-state index contributed by atoms with van der Waals surface area (Å²) in [6, 6.07) is 0.497. The van der Waals surface area contributed by atoms with Gasteiger partial charge in [-0.05, 0) is 18.3 Å². The Morgan fingerprint density at radius 1 is 1.17 bits per heavy atom. The Balaban J connectivity index is 2.56. The third-order valence-electron chi connectivity index (χ3n) is 4.28. The monoisotopic (exact) mass is 258 g/mol. The summed E-state index contributed by atoms with van der Waals surface area (Å²) in [6.45, 7) is 11.9. The Morgan fingerprint density at radius 2 is 1.67 bits per heavy atom. The van der Waals surface area contributed by atoms with Crippen molar-refractivity contribution in [2.75, 3.05) is 26.2 Å². The molecule has 2 atom stereocenters. The van der Waals surface area contributed by atoms with Crippen LogP contribution < -0.4 is 5.32 Å². The number of aliphatic hydroxyl groups is 2. The minimum absolute atomic E-state index is 0.244. The van der Waals surface area contributed by atoms with E-state index in [1.807, 2.05) is 0 Å². The summed E-state index contributed by atoms with van der Waals surface area (Å²) >= 11 is 0. The van der Waals surface area contributed by atoms with Crippen molar-refractivity contribution in [1.82, 2.24) is 10.2 Å². The van der Waals surface area contributed by atoms with Crippen LogP contribution in [0.4, 0.5) is 0 Å². The van der Waals surface area contributed by atoms with Gasteiger partial charge in [-0.25, -0.2) is 0 Å². The van der Waals surface area contributed by atoms with Crippen molar-refractivity contribution >= 4 is 0 Å². The van der Waals surface area contributed by atoms with Crippen LogP contribution in [-0.2, 0) is 0 Å². The fourth-order valence-electron chi connectivity index (χ4n) is 2.65. The number of hydrogen-bond acceptors (Lipinski definition) is 4. The van der Waals surface area contributed by atoms with Crippen molar-refractivity contribution in [3.05, 3.63) is 0 Å². The molecule has 1 heterocycles. The molecule has 0 aromatic rings. The summed E-state index contributed by atoms with van der Waals surface area (Å²) < 4.78 is 0. The van der Waals surface area contributed by atoms with Crippen LogP contribution in [0.2, 0.25) is 0 Å². The van der Waals surface area contributed by atoms with Crippen LogP contribution >= 0.6 is 0 Å². The molecule has 0 bridgehead atoms. The van der Waals surface area contributed by atoms with E-state index in [1.54, 1.807) is 0 Å². The summed E-state index contributed by atoms with van der Waals surface area (Å²) in [7, 11) is 0. The van der Waals surface area contributed by atoms with Gasteiger partial charge in [0.05, 0.1) is 12.2 Å². The Kier molecular flexibility index (Phi) is 6.05. The topological polar surface area (TPSA) is 55.7 Å². The Morgan fingerprint density at radius 3 is 2.06 bits per heavy atom. The van der Waals surface area contributed by atoms with E-state index >= 15 is 0 Å². The van der Waals surface area contributed by atoms with E-state index in [9.17, 15) is 10.2 Å². The van der Waals surface area contributed by atoms with Gasteiger partial charge in [-0.2, -0.15) is 0 Å². The zero-order chi connectivity index (χ0) is 13.8. The molecule has 1 aliphatic rings. The van der Waals surface area contributed by atoms with Gasteiger partial charge in [0.2, 0.25) is 0 Å². The van der Waals surface area contributed by atoms with Gasteiger partial charge in [-0.3, -0.25) is 4.90 Å². The van der Waals surface area contributed by atoms with Crippen LogP contribution in [0.5, 0.6) is 0 Å². The lowest BCUT2D eigenvalue weighted by Gasteiger charge is -2.36. The first-order valence-corrected chi connectivity index (χ1v) is 7.24. The average Bonchev–Trinajstić information content (AvgIpc) is 2.64. The molecule has 4 heteroatoms. The van der Waals surface area contributed by atoms with E-state index in [0.717, 1.165) is 25.9 Å². The van der Waals surface area contributed by atoms with Crippen molar-refractivity contribution < 1.29 is 10.2 Å². The average molecular weight is 258 g/mol. The third kappa shape index (κ3) is 4.19. The van der Waals surface area contributed by atoms with Crippen LogP contribution in [-0.4, -0.2) is 59.5 Å². The molecular weight excluding hydrogens is 228 g/mol. The molecule has 108 valence electrons. The number of β-amino-alcohol motifs (C(OH)–C–C–N with tert-alkyl or cyclic N) is 2. The van der Waals surface area contributed by atoms with E-state index in [4.69, 9.17) is 0 Å². The number of hydrogen-bond donors (Lipinski definition) is 3. The molecule has 1 rings (SSSR count). The van der Waals surface area contributed by atoms with E-state index < -0.39 is 12.2 Å². The maximum absolute atomic E-state index is 9.62. The lowest BCUT2D eigenvalue weighted by Crippen LogP contribution is -2.44. The SMILES string of the molecule is CCC(CC)(CNC(C)C)CN1CC(O)C(O)C1. The molecule has 0 spiro atoms. The van der Waals surface area contributed by atoms with Crippen LogP contribution in [0.3, 0.4) is 0 Å². The normalized spacial score (nSPS) is 26.2. The second-order valence-electron chi connectivity index (χ2n) is 6.07. The molecule has 0 aliphatic carbocycles. The van der Waals surface area contributed by atoms with E-state index in [-0.39, 0.29) is 5.41 Å². The number of nitrogens with one attached hydrogen (secondary N) is 1. The number of likely N-dealkylation sites (tertiary alicyclic amines) is 1. The smallest absolute Gasteiger partial charge is 0.0938 e. The minimum atomic E-state index is -0.575. The zero-order valence-corrected chi connectivity index (χ0v) is 12.3. The van der Waals surface area contributed by atoms with E-state index in [0.29, 0.717) is 19.1 Å². The van der Waals surface area contributed by atoms with Gasteiger partial charge in [0.15, 0.2) is 0 Å². The van der Waals surface area contributed by atoms with E-state index in [1.165, 1.54) is 0 Å². The first kappa shape index (κ1) is 15.9. The number of aliphatic hydroxyl groups excluding tert-OH is 2. The predicted molar refractivity (Wildman–Crippen MR) is 74.6 cm³/mol. The van der Waals surface area contributed by atoms with E-state index in [2.05, 4.69) is 37.9 Å². The second-order valence-corrected chi connectivity index (χ2v) is 6.07. The van der Waals surface area contributed by atoms with Crippen LogP contribution in [0.25, 0.3) is 0 Å². The largest absolute Gasteiger partial charge is 0.389 e. The molecule has 3 N–H and O–H groups in total. The Labute approximate surface area is 111 Å². The number of rotatable bonds is 7. The number of nitrogens with zero attached hydrogens (tertiary/aromatic N) is 1. The minimum Gasteiger partial charge on any atom is -0.389 e. The lowest BCUT2D eigenvalue weighted by atomic mass is 9.81. The highest BCUT2D eigenvalue weighted by Gasteiger charge is 2.35. The van der Waals surface area contributed by atoms with Gasteiger partial charge in [-0.15, -0.1) is 0 Å². The van der Waals surface area contributed by atoms with Crippen LogP contribution in [0, 0.1) is 5.41 Å². The van der Waals surface area contributed by atoms with Gasteiger partial charge in [0.1, 0.15) is 0 Å². The molecule has 0 aromatic heterocycles. The highest BCUT2D eigenvalue weighted by atomic mass is 16.3. The molecule has 1 aliphatic heterocycles. The fourth-order valence-corrected chi connectivity index (χ4v) is 2.65. The second kappa shape index (κ2) is 6.85. The van der Waals surface area contributed by atoms with Crippen molar-refractivity contribution in [3.63, 3.8) is 0 Å². The quantitative estimate of drug-likeness (QED) is 0.633. The van der Waals surface area contributed by atoms with Crippen LogP contribution in [0.15, 0.2) is 0 Å². The predicted octanol–water partition coefficient (Wildman–Crippen LogP) is 0.828. The summed E-state index contributed by atoms with van der Waals surface area (Å²) in [5, 5.41) is 22.8. The molecule has 0 saturated carbocycles. The summed E-state index contributed by atoms with van der Waals surface area (Å²) in [4.78, 5) is 2.20. The maximum Gasteiger partial charge on any atom is 0.0938 e. The summed E-state index contributed by atoms with van der Waals surface area (Å²) in [5.74, 6) is 0. The molecule has 18 heavy (non-hydrogen) atoms. The van der Waals surface area contributed by atoms with Gasteiger partial charge >= 0.3 is 0 Å². The Hall–Kier alpha value is -0.160. The molecule has 0 radical (unpaired) electrons. The maximum atomic E-state index is 9.62. The van der Waals surface area contributed by atoms with Gasteiger partial charge in [0.25, 0.3) is 0 Å². The molecule has 2 unspecified atom stereocenters. The Bertz CT molecular complexity index is 232. The van der Waals surface area contributed by atoms with Gasteiger partial charge in [-0.1, -0.05) is 27.7 Å². The van der Waals surface area contributed by atoms with Crippen molar-refractivity contribution in [2.45, 2.75) is 58.8 Å². The fraction of sp³-hybridized carbons (Fsp3) is 1.00. The molecule has 0 aromatic carbocycles. The zero-order valence-electron chi connectivity index (χ0n) is 12.3. The van der Waals surface area contributed by atoms with Crippen molar-refractivity contribution in [1.29, 1.82) is 0 Å². The first-order chi connectivity index (χ1) is 8.42. The van der Waals surface area contributed by atoms with Gasteiger partial charge in [0, 0.05) is 32.2 Å². The highest BCUT2D eigenvalue weighted by Crippen LogP contribution is 2.28.